The Kier molecular flexibility index (Phi) is 6.78. The Morgan fingerprint density at radius 2 is 1.31 bits per heavy atom. The second-order valence-electron chi connectivity index (χ2n) is 18.9. The standard InChI is InChI=1S/C43H52N2O9/c46-27-9-7-25-19-32-43(50)14-12-30(38-41(43,33(25)35(27)53-38)16-18-45(32)22-24-5-2-6-24)52-39(48)51-29-10-8-26-20-31-42(49)13-11-28(47)37-40(42,34(26)36(29)54-37)15-17-44(31)21-23-3-1-4-23/h7-10,23-24,28,30-32,37-38,46-47,49-50H,1-6,11-22H2/t28-,30-,31+,32?,37-,38-,40-,41-,42+,43+/m0/s1. The van der Waals surface area contributed by atoms with Crippen molar-refractivity contribution in [2.24, 2.45) is 11.8 Å². The van der Waals surface area contributed by atoms with Gasteiger partial charge < -0.3 is 39.4 Å². The number of likely N-dealkylation sites (tertiary alicyclic amines) is 2. The summed E-state index contributed by atoms with van der Waals surface area (Å²) in [5, 5.41) is 48.1. The molecule has 6 aliphatic carbocycles. The number of hydrogen-bond acceptors (Lipinski definition) is 11. The van der Waals surface area contributed by atoms with E-state index >= 15 is 0 Å². The first-order valence-electron chi connectivity index (χ1n) is 21.0. The molecule has 0 radical (unpaired) electrons. The fourth-order valence-corrected chi connectivity index (χ4v) is 14.1. The predicted molar refractivity (Wildman–Crippen MR) is 194 cm³/mol. The van der Waals surface area contributed by atoms with Gasteiger partial charge in [-0.15, -0.1) is 0 Å². The number of nitrogens with zero attached hydrogens (tertiary/aromatic N) is 2. The minimum Gasteiger partial charge on any atom is -0.504 e. The molecule has 2 aromatic rings. The average Bonchev–Trinajstić information content (AvgIpc) is 3.66. The fourth-order valence-electron chi connectivity index (χ4n) is 14.1. The van der Waals surface area contributed by atoms with Crippen LogP contribution < -0.4 is 14.2 Å². The molecule has 10 aliphatic rings. The van der Waals surface area contributed by atoms with Gasteiger partial charge in [0.1, 0.15) is 18.3 Å². The van der Waals surface area contributed by atoms with Gasteiger partial charge in [-0.05, 0) is 125 Å². The highest BCUT2D eigenvalue weighted by Crippen LogP contribution is 2.67. The Morgan fingerprint density at radius 1 is 0.741 bits per heavy atom. The van der Waals surface area contributed by atoms with E-state index in [0.29, 0.717) is 74.7 Å². The van der Waals surface area contributed by atoms with Crippen molar-refractivity contribution in [1.82, 2.24) is 9.80 Å². The molecule has 11 heteroatoms. The van der Waals surface area contributed by atoms with Crippen LogP contribution in [-0.2, 0) is 28.4 Å². The maximum absolute atomic E-state index is 14.0. The van der Waals surface area contributed by atoms with Crippen LogP contribution in [0.5, 0.6) is 23.0 Å². The lowest BCUT2D eigenvalue weighted by Crippen LogP contribution is -2.77. The molecule has 4 bridgehead atoms. The van der Waals surface area contributed by atoms with Crippen molar-refractivity contribution in [1.29, 1.82) is 0 Å². The molecule has 4 N–H and O–H groups in total. The second-order valence-corrected chi connectivity index (χ2v) is 18.9. The zero-order chi connectivity index (χ0) is 36.4. The lowest BCUT2D eigenvalue weighted by Gasteiger charge is -2.64. The summed E-state index contributed by atoms with van der Waals surface area (Å²) in [6, 6.07) is 7.33. The Balaban J connectivity index is 0.849. The highest BCUT2D eigenvalue weighted by atomic mass is 16.7. The predicted octanol–water partition coefficient (Wildman–Crippen LogP) is 4.25. The number of carbonyl (C=O) groups excluding carboxylic acids is 1. The summed E-state index contributed by atoms with van der Waals surface area (Å²) in [4.78, 5) is 19.0. The lowest BCUT2D eigenvalue weighted by molar-refractivity contribution is -0.211. The van der Waals surface area contributed by atoms with E-state index in [1.165, 1.54) is 38.5 Å². The summed E-state index contributed by atoms with van der Waals surface area (Å²) < 4.78 is 25.6. The first-order valence-corrected chi connectivity index (χ1v) is 21.0. The molecule has 0 aromatic heterocycles. The van der Waals surface area contributed by atoms with Gasteiger partial charge in [0.2, 0.25) is 0 Å². The van der Waals surface area contributed by atoms with E-state index in [0.717, 1.165) is 48.4 Å². The van der Waals surface area contributed by atoms with Gasteiger partial charge in [0, 0.05) is 36.3 Å². The van der Waals surface area contributed by atoms with Crippen LogP contribution in [0.25, 0.3) is 0 Å². The van der Waals surface area contributed by atoms with E-state index in [9.17, 15) is 25.2 Å². The van der Waals surface area contributed by atoms with Gasteiger partial charge >= 0.3 is 6.16 Å². The molecule has 2 aromatic carbocycles. The highest BCUT2D eigenvalue weighted by molar-refractivity contribution is 5.70. The molecule has 1 unspecified atom stereocenters. The molecular formula is C43H52N2O9. The fraction of sp³-hybridized carbons (Fsp3) is 0.698. The van der Waals surface area contributed by atoms with Gasteiger partial charge in [-0.3, -0.25) is 9.80 Å². The van der Waals surface area contributed by atoms with Crippen molar-refractivity contribution in [3.63, 3.8) is 0 Å². The molecule has 12 rings (SSSR count). The normalized spacial score (nSPS) is 42.5. The molecule has 2 saturated heterocycles. The van der Waals surface area contributed by atoms with E-state index in [1.54, 1.807) is 12.1 Å². The third-order valence-corrected chi connectivity index (χ3v) is 16.9. The van der Waals surface area contributed by atoms with Crippen molar-refractivity contribution >= 4 is 6.16 Å². The summed E-state index contributed by atoms with van der Waals surface area (Å²) in [6.45, 7) is 3.63. The zero-order valence-corrected chi connectivity index (χ0v) is 30.9. The van der Waals surface area contributed by atoms with E-state index in [-0.39, 0.29) is 23.6 Å². The van der Waals surface area contributed by atoms with Gasteiger partial charge in [-0.2, -0.15) is 0 Å². The molecule has 0 amide bonds. The number of aromatic hydroxyl groups is 1. The number of rotatable bonds is 6. The van der Waals surface area contributed by atoms with Crippen LogP contribution >= 0.6 is 0 Å². The van der Waals surface area contributed by atoms with Crippen molar-refractivity contribution in [2.75, 3.05) is 26.2 Å². The number of phenolic OH excluding ortho intramolecular Hbond substituents is 1. The Labute approximate surface area is 315 Å². The number of piperidine rings is 2. The van der Waals surface area contributed by atoms with Gasteiger partial charge in [0.25, 0.3) is 0 Å². The van der Waals surface area contributed by atoms with Gasteiger partial charge in [0.15, 0.2) is 23.0 Å². The maximum Gasteiger partial charge on any atom is 0.514 e. The highest BCUT2D eigenvalue weighted by Gasteiger charge is 2.75. The smallest absolute Gasteiger partial charge is 0.504 e. The van der Waals surface area contributed by atoms with Gasteiger partial charge in [0.05, 0.1) is 28.1 Å². The van der Waals surface area contributed by atoms with Gasteiger partial charge in [-0.25, -0.2) is 4.79 Å². The molecule has 4 aliphatic heterocycles. The molecular weight excluding hydrogens is 688 g/mol. The summed E-state index contributed by atoms with van der Waals surface area (Å²) in [5.74, 6) is 2.48. The van der Waals surface area contributed by atoms with Crippen molar-refractivity contribution in [2.45, 2.75) is 148 Å². The number of phenols is 1. The van der Waals surface area contributed by atoms with Crippen LogP contribution in [0, 0.1) is 11.8 Å². The summed E-state index contributed by atoms with van der Waals surface area (Å²) in [6.07, 6.45) is 8.39. The van der Waals surface area contributed by atoms with Gasteiger partial charge in [-0.1, -0.05) is 25.0 Å². The SMILES string of the molecule is O=C(Oc1ccc2c3c1O[C@H]1[C@@H](O)CC[C@@]4(O)[C@@H](C2)N(CC2CCC2)CC[C@]314)O[C@H]1CC[C@@]2(O)C3Cc4ccc(O)c5c4[C@@]2(CCN3CC2CCC2)[C@H]1O5. The molecule has 54 heavy (non-hydrogen) atoms. The van der Waals surface area contributed by atoms with Crippen molar-refractivity contribution < 1.29 is 44.2 Å². The van der Waals surface area contributed by atoms with Crippen molar-refractivity contribution in [3.8, 4) is 23.0 Å². The maximum atomic E-state index is 14.0. The molecule has 4 saturated carbocycles. The van der Waals surface area contributed by atoms with E-state index in [1.807, 2.05) is 12.1 Å². The average molecular weight is 741 g/mol. The molecule has 288 valence electrons. The Morgan fingerprint density at radius 3 is 1.94 bits per heavy atom. The number of carbonyl (C=O) groups is 1. The molecule has 6 fully saturated rings. The number of benzene rings is 2. The van der Waals surface area contributed by atoms with Crippen molar-refractivity contribution in [3.05, 3.63) is 46.5 Å². The van der Waals surface area contributed by atoms with Crippen LogP contribution in [0.1, 0.15) is 99.3 Å². The third kappa shape index (κ3) is 3.93. The topological polar surface area (TPSA) is 141 Å². The summed E-state index contributed by atoms with van der Waals surface area (Å²) >= 11 is 0. The molecule has 4 heterocycles. The lowest BCUT2D eigenvalue weighted by atomic mass is 9.48. The first kappa shape index (κ1) is 33.1. The second kappa shape index (κ2) is 11.1. The zero-order valence-electron chi connectivity index (χ0n) is 30.9. The third-order valence-electron chi connectivity index (χ3n) is 16.9. The van der Waals surface area contributed by atoms with Crippen LogP contribution in [0.2, 0.25) is 0 Å². The van der Waals surface area contributed by atoms with Crippen LogP contribution in [0.4, 0.5) is 4.79 Å². The van der Waals surface area contributed by atoms with Crippen LogP contribution in [-0.4, -0.2) is 110 Å². The Hall–Kier alpha value is -3.09. The summed E-state index contributed by atoms with van der Waals surface area (Å²) in [5.41, 5.74) is 0.210. The molecule has 10 atom stereocenters. The van der Waals surface area contributed by atoms with Crippen LogP contribution in [0.15, 0.2) is 24.3 Å². The minimum atomic E-state index is -1.09. The van der Waals surface area contributed by atoms with E-state index < -0.39 is 52.6 Å². The largest absolute Gasteiger partial charge is 0.514 e. The minimum absolute atomic E-state index is 0.0462. The Bertz CT molecular complexity index is 1950. The molecule has 2 spiro atoms. The number of ether oxygens (including phenoxy) is 4. The summed E-state index contributed by atoms with van der Waals surface area (Å²) in [7, 11) is 0. The monoisotopic (exact) mass is 740 g/mol. The first-order chi connectivity index (χ1) is 26.1. The van der Waals surface area contributed by atoms with E-state index in [4.69, 9.17) is 18.9 Å². The van der Waals surface area contributed by atoms with Crippen LogP contribution in [0.3, 0.4) is 0 Å². The number of aliphatic hydroxyl groups is 3. The quantitative estimate of drug-likeness (QED) is 0.250. The number of hydrogen-bond donors (Lipinski definition) is 4. The number of aliphatic hydroxyl groups excluding tert-OH is 1. The molecule has 11 nitrogen and oxygen atoms in total. The van der Waals surface area contributed by atoms with E-state index in [2.05, 4.69) is 9.80 Å².